The van der Waals surface area contributed by atoms with E-state index < -0.39 is 0 Å². The maximum atomic E-state index is 11.7. The minimum Gasteiger partial charge on any atom is -0.466 e. The van der Waals surface area contributed by atoms with Crippen LogP contribution >= 0.6 is 0 Å². The molecule has 1 spiro atoms. The third kappa shape index (κ3) is 2.81. The molecular weight excluding hydrogens is 300 g/mol. The Kier molecular flexibility index (Phi) is 3.83. The number of nitrogens with zero attached hydrogens (tertiary/aromatic N) is 2. The zero-order chi connectivity index (χ0) is 16.6. The van der Waals surface area contributed by atoms with Crippen molar-refractivity contribution in [2.45, 2.75) is 32.6 Å². The Morgan fingerprint density at radius 1 is 1.29 bits per heavy atom. The second-order valence-electron chi connectivity index (χ2n) is 7.17. The Morgan fingerprint density at radius 3 is 2.92 bits per heavy atom. The molecule has 4 nitrogen and oxygen atoms in total. The number of carbonyl (C=O) groups excluding carboxylic acids is 1. The molecule has 0 atom stereocenters. The molecule has 0 amide bonds. The van der Waals surface area contributed by atoms with Gasteiger partial charge in [0.2, 0.25) is 0 Å². The van der Waals surface area contributed by atoms with Gasteiger partial charge in [-0.3, -0.25) is 4.79 Å². The molecule has 0 bridgehead atoms. The van der Waals surface area contributed by atoms with Crippen LogP contribution in [0.4, 0.5) is 0 Å². The average Bonchev–Trinajstić information content (AvgIpc) is 2.52. The topological polar surface area (TPSA) is 52.1 Å². The van der Waals surface area contributed by atoms with E-state index in [1.807, 2.05) is 25.1 Å². The minimum absolute atomic E-state index is 0.00465. The summed E-state index contributed by atoms with van der Waals surface area (Å²) in [7, 11) is 0. The smallest absolute Gasteiger partial charge is 0.308 e. The summed E-state index contributed by atoms with van der Waals surface area (Å²) >= 11 is 0. The SMILES string of the molecule is CCOC(=O)C1CC2(CC(/C=C/c3ccc4cccnc4n3)C2)C1. The molecule has 124 valence electrons. The van der Waals surface area contributed by atoms with E-state index >= 15 is 0 Å². The van der Waals surface area contributed by atoms with Crippen LogP contribution in [0.2, 0.25) is 0 Å². The third-order valence-electron chi connectivity index (χ3n) is 5.39. The highest BCUT2D eigenvalue weighted by atomic mass is 16.5. The third-order valence-corrected chi connectivity index (χ3v) is 5.39. The number of pyridine rings is 2. The van der Waals surface area contributed by atoms with Gasteiger partial charge in [0.15, 0.2) is 5.65 Å². The van der Waals surface area contributed by atoms with Crippen molar-refractivity contribution in [3.63, 3.8) is 0 Å². The molecule has 2 aliphatic carbocycles. The summed E-state index contributed by atoms with van der Waals surface area (Å²) in [5.41, 5.74) is 2.16. The predicted octanol–water partition coefficient (Wildman–Crippen LogP) is 4.01. The molecule has 24 heavy (non-hydrogen) atoms. The van der Waals surface area contributed by atoms with Gasteiger partial charge >= 0.3 is 5.97 Å². The summed E-state index contributed by atoms with van der Waals surface area (Å²) in [4.78, 5) is 20.6. The molecule has 2 fully saturated rings. The number of rotatable bonds is 4. The first kappa shape index (κ1) is 15.3. The van der Waals surface area contributed by atoms with Gasteiger partial charge in [-0.25, -0.2) is 9.97 Å². The van der Waals surface area contributed by atoms with Gasteiger partial charge in [-0.1, -0.05) is 6.08 Å². The molecule has 2 heterocycles. The van der Waals surface area contributed by atoms with Crippen LogP contribution in [0.5, 0.6) is 0 Å². The highest BCUT2D eigenvalue weighted by Crippen LogP contribution is 2.61. The molecule has 2 aromatic heterocycles. The van der Waals surface area contributed by atoms with Gasteiger partial charge in [0, 0.05) is 11.6 Å². The lowest BCUT2D eigenvalue weighted by Gasteiger charge is -2.56. The highest BCUT2D eigenvalue weighted by molar-refractivity contribution is 5.75. The van der Waals surface area contributed by atoms with Crippen LogP contribution in [0.15, 0.2) is 36.5 Å². The fourth-order valence-corrected chi connectivity index (χ4v) is 4.23. The van der Waals surface area contributed by atoms with E-state index in [2.05, 4.69) is 28.2 Å². The van der Waals surface area contributed by atoms with E-state index in [9.17, 15) is 4.79 Å². The minimum atomic E-state index is -0.00465. The molecular formula is C20H22N2O2. The molecule has 4 heteroatoms. The molecule has 0 radical (unpaired) electrons. The maximum absolute atomic E-state index is 11.7. The second-order valence-corrected chi connectivity index (χ2v) is 7.17. The Bertz CT molecular complexity index is 785. The standard InChI is InChI=1S/C20H22N2O2/c1-2-24-19(23)16-12-20(13-16)10-14(11-20)5-7-17-8-6-15-4-3-9-21-18(15)22-17/h3-9,14,16H,2,10-13H2,1H3/b7-5+. The molecule has 0 saturated heterocycles. The molecule has 0 aromatic carbocycles. The van der Waals surface area contributed by atoms with Crippen molar-refractivity contribution in [2.75, 3.05) is 6.61 Å². The summed E-state index contributed by atoms with van der Waals surface area (Å²) in [6, 6.07) is 8.05. The summed E-state index contributed by atoms with van der Waals surface area (Å²) in [5.74, 6) is 0.743. The van der Waals surface area contributed by atoms with E-state index in [1.54, 1.807) is 6.20 Å². The van der Waals surface area contributed by atoms with Crippen LogP contribution in [-0.2, 0) is 9.53 Å². The first-order valence-electron chi connectivity index (χ1n) is 8.74. The van der Waals surface area contributed by atoms with E-state index in [0.29, 0.717) is 17.9 Å². The number of esters is 1. The van der Waals surface area contributed by atoms with E-state index in [1.165, 1.54) is 12.8 Å². The largest absolute Gasteiger partial charge is 0.466 e. The number of fused-ring (bicyclic) bond motifs is 1. The molecule has 2 aliphatic rings. The van der Waals surface area contributed by atoms with E-state index in [4.69, 9.17) is 4.74 Å². The van der Waals surface area contributed by atoms with Crippen molar-refractivity contribution in [2.24, 2.45) is 17.3 Å². The summed E-state index contributed by atoms with van der Waals surface area (Å²) < 4.78 is 5.11. The fraction of sp³-hybridized carbons (Fsp3) is 0.450. The van der Waals surface area contributed by atoms with Crippen molar-refractivity contribution >= 4 is 23.1 Å². The molecule has 4 rings (SSSR count). The second kappa shape index (κ2) is 6.00. The monoisotopic (exact) mass is 322 g/mol. The predicted molar refractivity (Wildman–Crippen MR) is 93.1 cm³/mol. The van der Waals surface area contributed by atoms with Crippen LogP contribution in [0, 0.1) is 17.3 Å². The van der Waals surface area contributed by atoms with Crippen LogP contribution in [0.25, 0.3) is 17.1 Å². The lowest BCUT2D eigenvalue weighted by atomic mass is 9.48. The van der Waals surface area contributed by atoms with E-state index in [0.717, 1.165) is 29.6 Å². The van der Waals surface area contributed by atoms with Crippen molar-refractivity contribution in [3.8, 4) is 0 Å². The summed E-state index contributed by atoms with van der Waals surface area (Å²) in [5, 5.41) is 1.07. The highest BCUT2D eigenvalue weighted by Gasteiger charge is 2.54. The maximum Gasteiger partial charge on any atom is 0.308 e. The van der Waals surface area contributed by atoms with E-state index in [-0.39, 0.29) is 11.9 Å². The lowest BCUT2D eigenvalue weighted by Crippen LogP contribution is -2.49. The Labute approximate surface area is 142 Å². The average molecular weight is 322 g/mol. The first-order valence-corrected chi connectivity index (χ1v) is 8.74. The van der Waals surface area contributed by atoms with Gasteiger partial charge in [0.1, 0.15) is 0 Å². The van der Waals surface area contributed by atoms with Gasteiger partial charge in [-0.15, -0.1) is 0 Å². The molecule has 0 aliphatic heterocycles. The van der Waals surface area contributed by atoms with Crippen molar-refractivity contribution in [1.82, 2.24) is 9.97 Å². The van der Waals surface area contributed by atoms with Gasteiger partial charge in [0.05, 0.1) is 18.2 Å². The molecule has 0 N–H and O–H groups in total. The molecule has 0 unspecified atom stereocenters. The van der Waals surface area contributed by atoms with Crippen LogP contribution in [0.1, 0.15) is 38.3 Å². The van der Waals surface area contributed by atoms with Gasteiger partial charge < -0.3 is 4.74 Å². The number of carbonyl (C=O) groups is 1. The van der Waals surface area contributed by atoms with Crippen LogP contribution < -0.4 is 0 Å². The van der Waals surface area contributed by atoms with Gasteiger partial charge in [-0.05, 0) is 74.3 Å². The normalized spacial score (nSPS) is 28.7. The van der Waals surface area contributed by atoms with Gasteiger partial charge in [-0.2, -0.15) is 0 Å². The lowest BCUT2D eigenvalue weighted by molar-refractivity contribution is -0.162. The van der Waals surface area contributed by atoms with Crippen molar-refractivity contribution < 1.29 is 9.53 Å². The fourth-order valence-electron chi connectivity index (χ4n) is 4.23. The number of ether oxygens (including phenoxy) is 1. The number of hydrogen-bond acceptors (Lipinski definition) is 4. The quantitative estimate of drug-likeness (QED) is 0.798. The van der Waals surface area contributed by atoms with Gasteiger partial charge in [0.25, 0.3) is 0 Å². The summed E-state index contributed by atoms with van der Waals surface area (Å²) in [6.07, 6.45) is 10.5. The van der Waals surface area contributed by atoms with Crippen molar-refractivity contribution in [1.29, 1.82) is 0 Å². The molecule has 2 aromatic rings. The zero-order valence-corrected chi connectivity index (χ0v) is 13.9. The number of hydrogen-bond donors (Lipinski definition) is 0. The Hall–Kier alpha value is -2.23. The summed E-state index contributed by atoms with van der Waals surface area (Å²) in [6.45, 7) is 2.36. The zero-order valence-electron chi connectivity index (χ0n) is 13.9. The molecule has 2 saturated carbocycles. The Morgan fingerprint density at radius 2 is 2.12 bits per heavy atom. The number of allylic oxidation sites excluding steroid dienone is 1. The first-order chi connectivity index (χ1) is 11.7. The number of aromatic nitrogens is 2. The van der Waals surface area contributed by atoms with Crippen LogP contribution in [-0.4, -0.2) is 22.5 Å². The Balaban J connectivity index is 1.32. The van der Waals surface area contributed by atoms with Crippen molar-refractivity contribution in [3.05, 3.63) is 42.2 Å². The van der Waals surface area contributed by atoms with Crippen LogP contribution in [0.3, 0.4) is 0 Å².